The van der Waals surface area contributed by atoms with Crippen LogP contribution in [0.1, 0.15) is 66.2 Å². The van der Waals surface area contributed by atoms with Crippen LogP contribution < -0.4 is 0 Å². The van der Waals surface area contributed by atoms with Crippen LogP contribution in [-0.4, -0.2) is 0 Å². The van der Waals surface area contributed by atoms with Gasteiger partial charge in [-0.3, -0.25) is 0 Å². The maximum absolute atomic E-state index is 2.31. The van der Waals surface area contributed by atoms with Crippen LogP contribution in [-0.2, 0) is 0 Å². The SMILES string of the molecule is C/C=C(\C)CCCCCCC(C)C. The third-order valence-electron chi connectivity index (χ3n) is 2.60. The lowest BCUT2D eigenvalue weighted by molar-refractivity contribution is 0.520. The molecule has 0 atom stereocenters. The van der Waals surface area contributed by atoms with Gasteiger partial charge in [-0.1, -0.05) is 51.2 Å². The molecule has 0 N–H and O–H groups in total. The molecule has 0 saturated heterocycles. The first-order valence-electron chi connectivity index (χ1n) is 5.78. The molecule has 0 bridgehead atoms. The summed E-state index contributed by atoms with van der Waals surface area (Å²) in [5.74, 6) is 0.886. The molecule has 0 saturated carbocycles. The fourth-order valence-electron chi connectivity index (χ4n) is 1.45. The van der Waals surface area contributed by atoms with Crippen molar-refractivity contribution in [1.82, 2.24) is 0 Å². The van der Waals surface area contributed by atoms with Crippen molar-refractivity contribution in [3.05, 3.63) is 11.6 Å². The zero-order valence-corrected chi connectivity index (χ0v) is 9.90. The molecular weight excluding hydrogens is 156 g/mol. The van der Waals surface area contributed by atoms with Gasteiger partial charge in [0.15, 0.2) is 0 Å². The van der Waals surface area contributed by atoms with E-state index in [0.29, 0.717) is 0 Å². The van der Waals surface area contributed by atoms with E-state index in [1.807, 2.05) is 0 Å². The Morgan fingerprint density at radius 3 is 2.23 bits per heavy atom. The van der Waals surface area contributed by atoms with E-state index >= 15 is 0 Å². The van der Waals surface area contributed by atoms with E-state index in [4.69, 9.17) is 0 Å². The maximum Gasteiger partial charge on any atom is -0.0323 e. The number of hydrogen-bond donors (Lipinski definition) is 0. The molecule has 0 unspecified atom stereocenters. The van der Waals surface area contributed by atoms with Crippen LogP contribution in [0, 0.1) is 5.92 Å². The average Bonchev–Trinajstić information content (AvgIpc) is 2.10. The molecule has 0 spiro atoms. The monoisotopic (exact) mass is 182 g/mol. The minimum absolute atomic E-state index is 0.886. The molecule has 0 aromatic carbocycles. The molecule has 0 amide bonds. The molecule has 0 aromatic rings. The van der Waals surface area contributed by atoms with Gasteiger partial charge < -0.3 is 0 Å². The Bertz CT molecular complexity index is 131. The molecule has 0 aliphatic carbocycles. The van der Waals surface area contributed by atoms with Gasteiger partial charge in [-0.25, -0.2) is 0 Å². The quantitative estimate of drug-likeness (QED) is 0.386. The largest absolute Gasteiger partial charge is 0.0887 e. The minimum Gasteiger partial charge on any atom is -0.0887 e. The summed E-state index contributed by atoms with van der Waals surface area (Å²) in [5, 5.41) is 0. The van der Waals surface area contributed by atoms with Crippen molar-refractivity contribution < 1.29 is 0 Å². The van der Waals surface area contributed by atoms with E-state index < -0.39 is 0 Å². The summed E-state index contributed by atoms with van der Waals surface area (Å²) < 4.78 is 0. The molecule has 0 fully saturated rings. The van der Waals surface area contributed by atoms with Gasteiger partial charge in [-0.05, 0) is 32.6 Å². The van der Waals surface area contributed by atoms with Gasteiger partial charge in [-0.15, -0.1) is 0 Å². The van der Waals surface area contributed by atoms with Crippen molar-refractivity contribution in [2.24, 2.45) is 5.92 Å². The smallest absolute Gasteiger partial charge is 0.0323 e. The first kappa shape index (κ1) is 12.7. The molecule has 0 heteroatoms. The zero-order chi connectivity index (χ0) is 10.1. The lowest BCUT2D eigenvalue weighted by Crippen LogP contribution is -1.87. The fourth-order valence-corrected chi connectivity index (χ4v) is 1.45. The van der Waals surface area contributed by atoms with Gasteiger partial charge in [0.1, 0.15) is 0 Å². The van der Waals surface area contributed by atoms with Crippen LogP contribution in [0.5, 0.6) is 0 Å². The average molecular weight is 182 g/mol. The lowest BCUT2D eigenvalue weighted by Gasteiger charge is -2.04. The van der Waals surface area contributed by atoms with Gasteiger partial charge in [0, 0.05) is 0 Å². The van der Waals surface area contributed by atoms with Crippen LogP contribution in [0.2, 0.25) is 0 Å². The predicted octanol–water partition coefficient (Wildman–Crippen LogP) is 4.95. The van der Waals surface area contributed by atoms with E-state index in [-0.39, 0.29) is 0 Å². The van der Waals surface area contributed by atoms with Crippen molar-refractivity contribution in [2.45, 2.75) is 66.2 Å². The Balaban J connectivity index is 3.09. The molecule has 0 nitrogen and oxygen atoms in total. The van der Waals surface area contributed by atoms with Crippen molar-refractivity contribution in [3.63, 3.8) is 0 Å². The highest BCUT2D eigenvalue weighted by Gasteiger charge is 1.94. The molecule has 0 aliphatic heterocycles. The summed E-state index contributed by atoms with van der Waals surface area (Å²) in [6.07, 6.45) is 10.6. The first-order valence-corrected chi connectivity index (χ1v) is 5.78. The Kier molecular flexibility index (Phi) is 8.18. The summed E-state index contributed by atoms with van der Waals surface area (Å²) in [7, 11) is 0. The third kappa shape index (κ3) is 9.66. The van der Waals surface area contributed by atoms with Crippen LogP contribution in [0.4, 0.5) is 0 Å². The summed E-state index contributed by atoms with van der Waals surface area (Å²) in [6.45, 7) is 8.98. The van der Waals surface area contributed by atoms with Crippen molar-refractivity contribution in [1.29, 1.82) is 0 Å². The van der Waals surface area contributed by atoms with Crippen LogP contribution in [0.3, 0.4) is 0 Å². The predicted molar refractivity (Wildman–Crippen MR) is 62.0 cm³/mol. The van der Waals surface area contributed by atoms with Gasteiger partial charge >= 0.3 is 0 Å². The van der Waals surface area contributed by atoms with Crippen molar-refractivity contribution in [3.8, 4) is 0 Å². The van der Waals surface area contributed by atoms with E-state index in [1.165, 1.54) is 38.5 Å². The van der Waals surface area contributed by atoms with Crippen molar-refractivity contribution in [2.75, 3.05) is 0 Å². The van der Waals surface area contributed by atoms with Gasteiger partial charge in [0.2, 0.25) is 0 Å². The van der Waals surface area contributed by atoms with Crippen LogP contribution >= 0.6 is 0 Å². The van der Waals surface area contributed by atoms with Crippen LogP contribution in [0.25, 0.3) is 0 Å². The second-order valence-electron chi connectivity index (χ2n) is 4.48. The zero-order valence-electron chi connectivity index (χ0n) is 9.90. The van der Waals surface area contributed by atoms with E-state index in [1.54, 1.807) is 5.57 Å². The standard InChI is InChI=1S/C13H26/c1-5-13(4)11-9-7-6-8-10-12(2)3/h5,12H,6-11H2,1-4H3/b13-5+. The molecule has 0 aromatic heterocycles. The van der Waals surface area contributed by atoms with E-state index in [9.17, 15) is 0 Å². The molecule has 13 heavy (non-hydrogen) atoms. The highest BCUT2D eigenvalue weighted by atomic mass is 14.0. The molecule has 0 radical (unpaired) electrons. The fraction of sp³-hybridized carbons (Fsp3) is 0.846. The van der Waals surface area contributed by atoms with E-state index in [2.05, 4.69) is 33.8 Å². The number of hydrogen-bond acceptors (Lipinski definition) is 0. The Labute approximate surface area is 84.4 Å². The minimum atomic E-state index is 0.886. The van der Waals surface area contributed by atoms with Crippen LogP contribution in [0.15, 0.2) is 11.6 Å². The second kappa shape index (κ2) is 8.34. The lowest BCUT2D eigenvalue weighted by atomic mass is 10.0. The number of rotatable bonds is 7. The molecule has 0 aliphatic rings. The maximum atomic E-state index is 2.31. The molecule has 0 rings (SSSR count). The van der Waals surface area contributed by atoms with Gasteiger partial charge in [0.05, 0.1) is 0 Å². The Morgan fingerprint density at radius 1 is 1.08 bits per heavy atom. The summed E-state index contributed by atoms with van der Waals surface area (Å²) in [4.78, 5) is 0. The summed E-state index contributed by atoms with van der Waals surface area (Å²) in [5.41, 5.74) is 1.55. The molecule has 78 valence electrons. The van der Waals surface area contributed by atoms with Gasteiger partial charge in [-0.2, -0.15) is 0 Å². The summed E-state index contributed by atoms with van der Waals surface area (Å²) >= 11 is 0. The topological polar surface area (TPSA) is 0 Å². The van der Waals surface area contributed by atoms with Crippen molar-refractivity contribution >= 4 is 0 Å². The molecular formula is C13H26. The number of unbranched alkanes of at least 4 members (excludes halogenated alkanes) is 3. The third-order valence-corrected chi connectivity index (χ3v) is 2.60. The Morgan fingerprint density at radius 2 is 1.69 bits per heavy atom. The molecule has 0 heterocycles. The highest BCUT2D eigenvalue weighted by molar-refractivity contribution is 4.94. The second-order valence-corrected chi connectivity index (χ2v) is 4.48. The highest BCUT2D eigenvalue weighted by Crippen LogP contribution is 2.12. The van der Waals surface area contributed by atoms with E-state index in [0.717, 1.165) is 5.92 Å². The number of allylic oxidation sites excluding steroid dienone is 2. The van der Waals surface area contributed by atoms with Gasteiger partial charge in [0.25, 0.3) is 0 Å². The first-order chi connectivity index (χ1) is 6.16. The normalized spacial score (nSPS) is 12.5. The Hall–Kier alpha value is -0.260. The summed E-state index contributed by atoms with van der Waals surface area (Å²) in [6, 6.07) is 0.